The second-order valence-corrected chi connectivity index (χ2v) is 6.65. The largest absolute Gasteiger partial charge is 0.462 e. The number of nitrogens with two attached hydrogens (primary N) is 1. The van der Waals surface area contributed by atoms with Gasteiger partial charge in [0.25, 0.3) is 0 Å². The summed E-state index contributed by atoms with van der Waals surface area (Å²) in [4.78, 5) is 33.7. The van der Waals surface area contributed by atoms with Gasteiger partial charge in [0, 0.05) is 11.3 Å². The van der Waals surface area contributed by atoms with Crippen molar-refractivity contribution in [2.45, 2.75) is 20.8 Å². The number of rotatable bonds is 5. The summed E-state index contributed by atoms with van der Waals surface area (Å²) in [6.07, 6.45) is 0. The number of nitrogens with one attached hydrogen (secondary N) is 1. The van der Waals surface area contributed by atoms with Crippen molar-refractivity contribution in [3.05, 3.63) is 46.1 Å². The van der Waals surface area contributed by atoms with Gasteiger partial charge in [-0.1, -0.05) is 6.07 Å². The van der Waals surface area contributed by atoms with Crippen LogP contribution >= 0.6 is 11.3 Å². The smallest absolute Gasteiger partial charge is 0.348 e. The highest BCUT2D eigenvalue weighted by molar-refractivity contribution is 7.20. The molecule has 0 radical (unpaired) electrons. The van der Waals surface area contributed by atoms with Crippen LogP contribution in [0.3, 0.4) is 0 Å². The summed E-state index contributed by atoms with van der Waals surface area (Å²) in [7, 11) is 0. The minimum atomic E-state index is -0.506. The van der Waals surface area contributed by atoms with Gasteiger partial charge in [-0.25, -0.2) is 14.8 Å². The van der Waals surface area contributed by atoms with E-state index in [1.54, 1.807) is 32.0 Å². The number of ether oxygens (including phenoxy) is 1. The first kappa shape index (κ1) is 17.8. The summed E-state index contributed by atoms with van der Waals surface area (Å²) >= 11 is 1.28. The molecule has 0 saturated carbocycles. The van der Waals surface area contributed by atoms with Crippen LogP contribution in [0.2, 0.25) is 0 Å². The third-order valence-electron chi connectivity index (χ3n) is 3.77. The average Bonchev–Trinajstić information content (AvgIpc) is 2.92. The molecule has 2 aromatic heterocycles. The Morgan fingerprint density at radius 2 is 2.04 bits per heavy atom. The van der Waals surface area contributed by atoms with Crippen molar-refractivity contribution in [3.8, 4) is 0 Å². The Morgan fingerprint density at radius 1 is 1.27 bits per heavy atom. The lowest BCUT2D eigenvalue weighted by Gasteiger charge is -2.09. The zero-order valence-electron chi connectivity index (χ0n) is 14.6. The van der Waals surface area contributed by atoms with Crippen molar-refractivity contribution in [1.82, 2.24) is 9.97 Å². The van der Waals surface area contributed by atoms with Gasteiger partial charge >= 0.3 is 5.97 Å². The number of benzene rings is 1. The molecule has 7 nitrogen and oxygen atoms in total. The van der Waals surface area contributed by atoms with Crippen molar-refractivity contribution < 1.29 is 14.3 Å². The Bertz CT molecular complexity index is 1010. The third kappa shape index (κ3) is 3.36. The molecule has 0 spiro atoms. The quantitative estimate of drug-likeness (QED) is 0.667. The van der Waals surface area contributed by atoms with E-state index in [-0.39, 0.29) is 5.97 Å². The van der Waals surface area contributed by atoms with Gasteiger partial charge in [0.1, 0.15) is 21.3 Å². The summed E-state index contributed by atoms with van der Waals surface area (Å²) in [5, 5.41) is 3.96. The van der Waals surface area contributed by atoms with E-state index in [2.05, 4.69) is 15.3 Å². The molecule has 0 bridgehead atoms. The van der Waals surface area contributed by atoms with E-state index < -0.39 is 5.91 Å². The van der Waals surface area contributed by atoms with Gasteiger partial charge in [-0.2, -0.15) is 0 Å². The number of aryl methyl sites for hydroxylation is 2. The fraction of sp³-hybridized carbons (Fsp3) is 0.222. The highest BCUT2D eigenvalue weighted by Gasteiger charge is 2.21. The Balaban J connectivity index is 2.09. The van der Waals surface area contributed by atoms with Gasteiger partial charge in [-0.05, 0) is 44.5 Å². The van der Waals surface area contributed by atoms with Crippen molar-refractivity contribution in [1.29, 1.82) is 0 Å². The van der Waals surface area contributed by atoms with Crippen LogP contribution in [0.25, 0.3) is 10.2 Å². The maximum atomic E-state index is 12.2. The number of nitrogens with zero attached hydrogens (tertiary/aromatic N) is 2. The number of carbonyl (C=O) groups is 2. The summed E-state index contributed by atoms with van der Waals surface area (Å²) in [6.45, 7) is 5.70. The lowest BCUT2D eigenvalue weighted by atomic mass is 10.1. The fourth-order valence-electron chi connectivity index (χ4n) is 2.61. The van der Waals surface area contributed by atoms with Gasteiger partial charge in [0.2, 0.25) is 5.91 Å². The zero-order valence-corrected chi connectivity index (χ0v) is 15.4. The van der Waals surface area contributed by atoms with Gasteiger partial charge in [0.15, 0.2) is 0 Å². The van der Waals surface area contributed by atoms with Crippen molar-refractivity contribution in [2.75, 3.05) is 11.9 Å². The molecule has 3 rings (SSSR count). The van der Waals surface area contributed by atoms with E-state index in [0.29, 0.717) is 39.2 Å². The summed E-state index contributed by atoms with van der Waals surface area (Å²) in [5.74, 6) is 0.266. The second-order valence-electron chi connectivity index (χ2n) is 5.65. The van der Waals surface area contributed by atoms with E-state index in [0.717, 1.165) is 10.9 Å². The van der Waals surface area contributed by atoms with Gasteiger partial charge in [-0.3, -0.25) is 4.79 Å². The Hall–Kier alpha value is -3.00. The fourth-order valence-corrected chi connectivity index (χ4v) is 3.73. The Kier molecular flexibility index (Phi) is 4.85. The minimum absolute atomic E-state index is 0.308. The molecule has 3 aromatic rings. The monoisotopic (exact) mass is 370 g/mol. The maximum Gasteiger partial charge on any atom is 0.348 e. The van der Waals surface area contributed by atoms with Crippen molar-refractivity contribution >= 4 is 44.9 Å². The number of anilines is 2. The van der Waals surface area contributed by atoms with Crippen LogP contribution in [-0.2, 0) is 4.74 Å². The zero-order chi connectivity index (χ0) is 18.8. The number of carbonyl (C=O) groups excluding carboxylic acids is 2. The Labute approximate surface area is 154 Å². The molecule has 26 heavy (non-hydrogen) atoms. The molecule has 0 aliphatic carbocycles. The first-order valence-corrected chi connectivity index (χ1v) is 8.84. The molecular formula is C18H18N4O3S. The van der Waals surface area contributed by atoms with E-state index >= 15 is 0 Å². The number of aromatic nitrogens is 2. The average molecular weight is 370 g/mol. The van der Waals surface area contributed by atoms with Crippen LogP contribution in [0.4, 0.5) is 11.5 Å². The normalized spacial score (nSPS) is 10.7. The second kappa shape index (κ2) is 7.09. The van der Waals surface area contributed by atoms with E-state index in [4.69, 9.17) is 10.5 Å². The number of amides is 1. The molecule has 1 aromatic carbocycles. The molecule has 2 heterocycles. The van der Waals surface area contributed by atoms with Gasteiger partial charge in [-0.15, -0.1) is 11.3 Å². The number of hydrogen-bond donors (Lipinski definition) is 2. The Morgan fingerprint density at radius 3 is 2.73 bits per heavy atom. The van der Waals surface area contributed by atoms with Crippen LogP contribution < -0.4 is 11.1 Å². The van der Waals surface area contributed by atoms with E-state index in [9.17, 15) is 9.59 Å². The first-order chi connectivity index (χ1) is 12.4. The molecule has 8 heteroatoms. The van der Waals surface area contributed by atoms with Crippen molar-refractivity contribution in [3.63, 3.8) is 0 Å². The first-order valence-electron chi connectivity index (χ1n) is 8.02. The molecule has 3 N–H and O–H groups in total. The molecule has 0 aliphatic heterocycles. The van der Waals surface area contributed by atoms with E-state index in [1.165, 1.54) is 11.3 Å². The predicted molar refractivity (Wildman–Crippen MR) is 101 cm³/mol. The number of fused-ring (bicyclic) bond motifs is 1. The third-order valence-corrected chi connectivity index (χ3v) is 4.94. The van der Waals surface area contributed by atoms with Crippen molar-refractivity contribution in [2.24, 2.45) is 5.73 Å². The van der Waals surface area contributed by atoms with Crippen LogP contribution in [0, 0.1) is 13.8 Å². The highest BCUT2D eigenvalue weighted by Crippen LogP contribution is 2.35. The SMILES string of the molecule is CCOC(=O)c1sc2nc(C)nc(Nc3cccc(C(N)=O)c3)c2c1C. The molecule has 0 atom stereocenters. The van der Waals surface area contributed by atoms with Gasteiger partial charge < -0.3 is 15.8 Å². The number of hydrogen-bond acceptors (Lipinski definition) is 7. The molecule has 0 saturated heterocycles. The van der Waals surface area contributed by atoms with Crippen LogP contribution in [-0.4, -0.2) is 28.5 Å². The van der Waals surface area contributed by atoms with E-state index in [1.807, 2.05) is 13.0 Å². The molecular weight excluding hydrogens is 352 g/mol. The lowest BCUT2D eigenvalue weighted by molar-refractivity contribution is 0.0531. The molecule has 1 amide bonds. The topological polar surface area (TPSA) is 107 Å². The number of thiophene rings is 1. The number of primary amides is 1. The predicted octanol–water partition coefficient (Wildman–Crippen LogP) is 3.33. The molecule has 134 valence electrons. The number of esters is 1. The molecule has 0 unspecified atom stereocenters. The summed E-state index contributed by atoms with van der Waals surface area (Å²) < 4.78 is 5.12. The van der Waals surface area contributed by atoms with Crippen LogP contribution in [0.1, 0.15) is 38.3 Å². The highest BCUT2D eigenvalue weighted by atomic mass is 32.1. The summed E-state index contributed by atoms with van der Waals surface area (Å²) in [6, 6.07) is 6.84. The maximum absolute atomic E-state index is 12.2. The molecule has 0 fully saturated rings. The van der Waals surface area contributed by atoms with Gasteiger partial charge in [0.05, 0.1) is 12.0 Å². The standard InChI is InChI=1S/C18H18N4O3S/c1-4-25-18(24)14-9(2)13-16(20-10(3)21-17(13)26-14)22-12-7-5-6-11(8-12)15(19)23/h5-8H,4H2,1-3H3,(H2,19,23)(H,20,21,22). The summed E-state index contributed by atoms with van der Waals surface area (Å²) in [5.41, 5.74) is 7.16. The minimum Gasteiger partial charge on any atom is -0.462 e. The van der Waals surface area contributed by atoms with Crippen LogP contribution in [0.5, 0.6) is 0 Å². The van der Waals surface area contributed by atoms with Crippen LogP contribution in [0.15, 0.2) is 24.3 Å². The molecule has 0 aliphatic rings. The lowest BCUT2D eigenvalue weighted by Crippen LogP contribution is -2.11.